The highest BCUT2D eigenvalue weighted by atomic mass is 32.1. The molecule has 1 aromatic rings. The molecule has 15 heavy (non-hydrogen) atoms. The summed E-state index contributed by atoms with van der Waals surface area (Å²) in [5, 5.41) is 1.98. The summed E-state index contributed by atoms with van der Waals surface area (Å²) in [6, 6.07) is 4.01. The van der Waals surface area contributed by atoms with E-state index in [-0.39, 0.29) is 6.04 Å². The first-order valence-corrected chi connectivity index (χ1v) is 6.52. The largest absolute Gasteiger partial charge is 0.293 e. The number of carbonyl (C=O) groups excluding carboxylic acids is 1. The van der Waals surface area contributed by atoms with Gasteiger partial charge < -0.3 is 0 Å². The molecular weight excluding hydrogens is 206 g/mol. The van der Waals surface area contributed by atoms with E-state index in [0.29, 0.717) is 5.78 Å². The topological polar surface area (TPSA) is 20.3 Å². The van der Waals surface area contributed by atoms with Crippen molar-refractivity contribution in [2.75, 3.05) is 13.1 Å². The molecule has 2 rings (SSSR count). The first kappa shape index (κ1) is 10.8. The molecule has 0 bridgehead atoms. The molecule has 1 aromatic heterocycles. The molecule has 0 N–H and O–H groups in total. The molecule has 1 unspecified atom stereocenters. The second-order valence-corrected chi connectivity index (χ2v) is 4.96. The number of hydrogen-bond donors (Lipinski definition) is 0. The van der Waals surface area contributed by atoms with E-state index in [9.17, 15) is 4.79 Å². The van der Waals surface area contributed by atoms with Gasteiger partial charge in [0.25, 0.3) is 0 Å². The molecule has 0 spiro atoms. The number of hydrogen-bond acceptors (Lipinski definition) is 3. The standard InChI is InChI=1S/C12H17NOS/c1-2-10(13-7-3-4-8-13)12(14)11-6-5-9-15-11/h5-6,9-10H,2-4,7-8H2,1H3. The molecule has 0 amide bonds. The van der Waals surface area contributed by atoms with Crippen LogP contribution in [0.4, 0.5) is 0 Å². The highest BCUT2D eigenvalue weighted by Crippen LogP contribution is 2.20. The van der Waals surface area contributed by atoms with Crippen LogP contribution in [0.5, 0.6) is 0 Å². The Bertz CT molecular complexity index is 314. The summed E-state index contributed by atoms with van der Waals surface area (Å²) >= 11 is 1.56. The lowest BCUT2D eigenvalue weighted by atomic mass is 10.1. The van der Waals surface area contributed by atoms with Crippen molar-refractivity contribution in [3.05, 3.63) is 22.4 Å². The van der Waals surface area contributed by atoms with Gasteiger partial charge in [0.15, 0.2) is 5.78 Å². The molecule has 1 fully saturated rings. The van der Waals surface area contributed by atoms with E-state index in [4.69, 9.17) is 0 Å². The summed E-state index contributed by atoms with van der Waals surface area (Å²) < 4.78 is 0. The highest BCUT2D eigenvalue weighted by molar-refractivity contribution is 7.12. The van der Waals surface area contributed by atoms with Gasteiger partial charge in [-0.2, -0.15) is 0 Å². The van der Waals surface area contributed by atoms with Gasteiger partial charge in [-0.1, -0.05) is 13.0 Å². The molecule has 0 radical (unpaired) electrons. The van der Waals surface area contributed by atoms with E-state index in [1.807, 2.05) is 17.5 Å². The first-order valence-electron chi connectivity index (χ1n) is 5.64. The van der Waals surface area contributed by atoms with Crippen LogP contribution in [-0.4, -0.2) is 29.8 Å². The normalized spacial score (nSPS) is 19.3. The minimum atomic E-state index is 0.117. The van der Waals surface area contributed by atoms with Crippen LogP contribution in [0, 0.1) is 0 Å². The smallest absolute Gasteiger partial charge is 0.189 e. The molecule has 82 valence electrons. The first-order chi connectivity index (χ1) is 7.33. The van der Waals surface area contributed by atoms with E-state index in [1.165, 1.54) is 12.8 Å². The molecule has 1 saturated heterocycles. The average Bonchev–Trinajstić information content (AvgIpc) is 2.91. The Labute approximate surface area is 94.9 Å². The fraction of sp³-hybridized carbons (Fsp3) is 0.583. The number of rotatable bonds is 4. The summed E-state index contributed by atoms with van der Waals surface area (Å²) in [5.74, 6) is 0.314. The maximum Gasteiger partial charge on any atom is 0.189 e. The third kappa shape index (κ3) is 2.29. The molecule has 0 aromatic carbocycles. The molecule has 3 heteroatoms. The maximum absolute atomic E-state index is 12.2. The van der Waals surface area contributed by atoms with Crippen LogP contribution in [0.25, 0.3) is 0 Å². The molecule has 0 aliphatic carbocycles. The minimum Gasteiger partial charge on any atom is -0.293 e. The Hall–Kier alpha value is -0.670. The molecule has 1 atom stereocenters. The van der Waals surface area contributed by atoms with Gasteiger partial charge >= 0.3 is 0 Å². The molecular formula is C12H17NOS. The molecule has 1 aliphatic rings. The molecule has 2 heterocycles. The fourth-order valence-electron chi connectivity index (χ4n) is 2.25. The fourth-order valence-corrected chi connectivity index (χ4v) is 2.96. The second kappa shape index (κ2) is 4.90. The summed E-state index contributed by atoms with van der Waals surface area (Å²) in [4.78, 5) is 15.4. The lowest BCUT2D eigenvalue weighted by molar-refractivity contribution is 0.0848. The van der Waals surface area contributed by atoms with Crippen molar-refractivity contribution in [3.8, 4) is 0 Å². The van der Waals surface area contributed by atoms with E-state index in [0.717, 1.165) is 24.4 Å². The summed E-state index contributed by atoms with van der Waals surface area (Å²) in [6.07, 6.45) is 3.42. The number of thiophene rings is 1. The minimum absolute atomic E-state index is 0.117. The Kier molecular flexibility index (Phi) is 3.54. The maximum atomic E-state index is 12.2. The second-order valence-electron chi connectivity index (χ2n) is 4.01. The summed E-state index contributed by atoms with van der Waals surface area (Å²) in [6.45, 7) is 4.29. The summed E-state index contributed by atoms with van der Waals surface area (Å²) in [7, 11) is 0. The van der Waals surface area contributed by atoms with Crippen LogP contribution in [-0.2, 0) is 0 Å². The predicted octanol–water partition coefficient (Wildman–Crippen LogP) is 2.81. The van der Waals surface area contributed by atoms with Crippen molar-refractivity contribution >= 4 is 17.1 Å². The van der Waals surface area contributed by atoms with Crippen molar-refractivity contribution in [1.82, 2.24) is 4.90 Å². The zero-order valence-electron chi connectivity index (χ0n) is 9.11. The van der Waals surface area contributed by atoms with Crippen molar-refractivity contribution in [2.24, 2.45) is 0 Å². The Morgan fingerprint density at radius 3 is 2.80 bits per heavy atom. The Morgan fingerprint density at radius 2 is 2.27 bits per heavy atom. The van der Waals surface area contributed by atoms with Crippen LogP contribution in [0.3, 0.4) is 0 Å². The third-order valence-electron chi connectivity index (χ3n) is 3.03. The van der Waals surface area contributed by atoms with Crippen LogP contribution < -0.4 is 0 Å². The van der Waals surface area contributed by atoms with Gasteiger partial charge in [-0.15, -0.1) is 11.3 Å². The molecule has 1 aliphatic heterocycles. The number of ketones is 1. The predicted molar refractivity (Wildman–Crippen MR) is 63.5 cm³/mol. The Morgan fingerprint density at radius 1 is 1.53 bits per heavy atom. The average molecular weight is 223 g/mol. The van der Waals surface area contributed by atoms with Crippen LogP contribution in [0.1, 0.15) is 35.9 Å². The quantitative estimate of drug-likeness (QED) is 0.732. The van der Waals surface area contributed by atoms with Crippen molar-refractivity contribution < 1.29 is 4.79 Å². The van der Waals surface area contributed by atoms with Crippen molar-refractivity contribution in [2.45, 2.75) is 32.2 Å². The third-order valence-corrected chi connectivity index (χ3v) is 3.92. The van der Waals surface area contributed by atoms with E-state index in [2.05, 4.69) is 11.8 Å². The SMILES string of the molecule is CCC(C(=O)c1cccs1)N1CCCC1. The zero-order chi connectivity index (χ0) is 10.7. The number of Topliss-reactive ketones (excluding diaryl/α,β-unsaturated/α-hetero) is 1. The van der Waals surface area contributed by atoms with Crippen LogP contribution >= 0.6 is 11.3 Å². The highest BCUT2D eigenvalue weighted by Gasteiger charge is 2.27. The van der Waals surface area contributed by atoms with Gasteiger partial charge in [-0.25, -0.2) is 0 Å². The van der Waals surface area contributed by atoms with Crippen molar-refractivity contribution in [1.29, 1.82) is 0 Å². The van der Waals surface area contributed by atoms with Gasteiger partial charge in [0.05, 0.1) is 10.9 Å². The van der Waals surface area contributed by atoms with Gasteiger partial charge in [0.2, 0.25) is 0 Å². The van der Waals surface area contributed by atoms with Gasteiger partial charge in [0.1, 0.15) is 0 Å². The number of nitrogens with zero attached hydrogens (tertiary/aromatic N) is 1. The van der Waals surface area contributed by atoms with Gasteiger partial charge in [0, 0.05) is 0 Å². The van der Waals surface area contributed by atoms with E-state index in [1.54, 1.807) is 11.3 Å². The molecule has 0 saturated carbocycles. The van der Waals surface area contributed by atoms with Crippen LogP contribution in [0.2, 0.25) is 0 Å². The summed E-state index contributed by atoms with van der Waals surface area (Å²) in [5.41, 5.74) is 0. The van der Waals surface area contributed by atoms with Crippen molar-refractivity contribution in [3.63, 3.8) is 0 Å². The van der Waals surface area contributed by atoms with Gasteiger partial charge in [-0.05, 0) is 43.8 Å². The lowest BCUT2D eigenvalue weighted by Crippen LogP contribution is -2.38. The van der Waals surface area contributed by atoms with Crippen LogP contribution in [0.15, 0.2) is 17.5 Å². The lowest BCUT2D eigenvalue weighted by Gasteiger charge is -2.24. The zero-order valence-corrected chi connectivity index (χ0v) is 9.93. The van der Waals surface area contributed by atoms with Gasteiger partial charge in [-0.3, -0.25) is 9.69 Å². The Balaban J connectivity index is 2.09. The van der Waals surface area contributed by atoms with E-state index < -0.39 is 0 Å². The van der Waals surface area contributed by atoms with E-state index >= 15 is 0 Å². The molecule has 2 nitrogen and oxygen atoms in total. The number of carbonyl (C=O) groups is 1. The number of likely N-dealkylation sites (tertiary alicyclic amines) is 1. The monoisotopic (exact) mass is 223 g/mol.